The predicted molar refractivity (Wildman–Crippen MR) is 70.7 cm³/mol. The van der Waals surface area contributed by atoms with E-state index in [0.717, 1.165) is 11.6 Å². The molecule has 1 nitrogen and oxygen atoms in total. The summed E-state index contributed by atoms with van der Waals surface area (Å²) in [6.45, 7) is 1.57. The number of aliphatic hydroxyl groups is 1. The first-order valence-electron chi connectivity index (χ1n) is 6.20. The Labute approximate surface area is 111 Å². The maximum Gasteiger partial charge on any atom is 0.126 e. The molecule has 0 saturated carbocycles. The van der Waals surface area contributed by atoms with Gasteiger partial charge in [0.2, 0.25) is 0 Å². The Morgan fingerprint density at radius 3 is 2.16 bits per heavy atom. The van der Waals surface area contributed by atoms with Gasteiger partial charge in [0.25, 0.3) is 0 Å². The van der Waals surface area contributed by atoms with Crippen molar-refractivity contribution < 1.29 is 13.9 Å². The first-order chi connectivity index (χ1) is 8.97. The van der Waals surface area contributed by atoms with E-state index < -0.39 is 17.2 Å². The summed E-state index contributed by atoms with van der Waals surface area (Å²) in [5, 5.41) is 10.4. The van der Waals surface area contributed by atoms with Gasteiger partial charge in [-0.25, -0.2) is 8.78 Å². The van der Waals surface area contributed by atoms with Crippen LogP contribution in [-0.2, 0) is 12.0 Å². The lowest BCUT2D eigenvalue weighted by Gasteiger charge is -2.24. The minimum absolute atomic E-state index is 0.265. The van der Waals surface area contributed by atoms with Gasteiger partial charge in [-0.15, -0.1) is 0 Å². The molecule has 0 saturated heterocycles. The highest BCUT2D eigenvalue weighted by atomic mass is 19.1. The molecular formula is C16H16F2O. The van der Waals surface area contributed by atoms with Gasteiger partial charge in [-0.05, 0) is 43.0 Å². The van der Waals surface area contributed by atoms with E-state index in [1.807, 2.05) is 30.3 Å². The molecule has 0 bridgehead atoms. The molecule has 0 fully saturated rings. The van der Waals surface area contributed by atoms with Crippen molar-refractivity contribution in [2.75, 3.05) is 0 Å². The lowest BCUT2D eigenvalue weighted by molar-refractivity contribution is 0.0474. The summed E-state index contributed by atoms with van der Waals surface area (Å²) in [6.07, 6.45) is 1.05. The molecule has 2 aromatic rings. The third kappa shape index (κ3) is 3.61. The monoisotopic (exact) mass is 262 g/mol. The molecule has 3 heteroatoms. The maximum atomic E-state index is 13.2. The Morgan fingerprint density at radius 1 is 1.00 bits per heavy atom. The minimum Gasteiger partial charge on any atom is -0.385 e. The van der Waals surface area contributed by atoms with E-state index in [1.54, 1.807) is 6.92 Å². The predicted octanol–water partition coefficient (Wildman–Crippen LogP) is 3.81. The fourth-order valence-corrected chi connectivity index (χ4v) is 2.04. The second-order valence-electron chi connectivity index (χ2n) is 4.92. The van der Waals surface area contributed by atoms with Crippen LogP contribution in [0.15, 0.2) is 48.5 Å². The summed E-state index contributed by atoms with van der Waals surface area (Å²) in [4.78, 5) is 0. The van der Waals surface area contributed by atoms with Crippen LogP contribution >= 0.6 is 0 Å². The van der Waals surface area contributed by atoms with Gasteiger partial charge in [-0.2, -0.15) is 0 Å². The minimum atomic E-state index is -1.25. The van der Waals surface area contributed by atoms with Crippen LogP contribution in [0.3, 0.4) is 0 Å². The average molecular weight is 262 g/mol. The zero-order chi connectivity index (χ0) is 13.9. The van der Waals surface area contributed by atoms with Crippen molar-refractivity contribution in [3.05, 3.63) is 71.3 Å². The van der Waals surface area contributed by atoms with Crippen molar-refractivity contribution >= 4 is 0 Å². The molecule has 0 amide bonds. The summed E-state index contributed by atoms with van der Waals surface area (Å²) in [7, 11) is 0. The Hall–Kier alpha value is -1.74. The number of aryl methyl sites for hydroxylation is 1. The quantitative estimate of drug-likeness (QED) is 0.888. The SMILES string of the molecule is CC(O)(CCc1ccccc1)c1cc(F)cc(F)c1. The molecule has 1 unspecified atom stereocenters. The first-order valence-corrected chi connectivity index (χ1v) is 6.20. The van der Waals surface area contributed by atoms with Gasteiger partial charge in [0.1, 0.15) is 11.6 Å². The fourth-order valence-electron chi connectivity index (χ4n) is 2.04. The van der Waals surface area contributed by atoms with E-state index in [1.165, 1.54) is 12.1 Å². The number of rotatable bonds is 4. The fraction of sp³-hybridized carbons (Fsp3) is 0.250. The second-order valence-corrected chi connectivity index (χ2v) is 4.92. The van der Waals surface area contributed by atoms with Gasteiger partial charge in [0.15, 0.2) is 0 Å². The zero-order valence-corrected chi connectivity index (χ0v) is 10.7. The number of hydrogen-bond acceptors (Lipinski definition) is 1. The van der Waals surface area contributed by atoms with Crippen LogP contribution in [-0.4, -0.2) is 5.11 Å². The van der Waals surface area contributed by atoms with Crippen LogP contribution in [0.2, 0.25) is 0 Å². The van der Waals surface area contributed by atoms with Crippen LogP contribution in [0.25, 0.3) is 0 Å². The molecule has 2 rings (SSSR count). The van der Waals surface area contributed by atoms with Crippen molar-refractivity contribution in [3.8, 4) is 0 Å². The molecule has 19 heavy (non-hydrogen) atoms. The summed E-state index contributed by atoms with van der Waals surface area (Å²) in [5.41, 5.74) is 0.0966. The molecular weight excluding hydrogens is 246 g/mol. The lowest BCUT2D eigenvalue weighted by atomic mass is 9.89. The third-order valence-electron chi connectivity index (χ3n) is 3.23. The average Bonchev–Trinajstić information content (AvgIpc) is 2.37. The molecule has 0 aliphatic carbocycles. The molecule has 0 aliphatic heterocycles. The standard InChI is InChI=1S/C16H16F2O/c1-16(19,8-7-12-5-3-2-4-6-12)13-9-14(17)11-15(18)10-13/h2-6,9-11,19H,7-8H2,1H3. The summed E-state index contributed by atoms with van der Waals surface area (Å²) >= 11 is 0. The molecule has 2 aromatic carbocycles. The van der Waals surface area contributed by atoms with Gasteiger partial charge in [0.05, 0.1) is 5.60 Å². The van der Waals surface area contributed by atoms with Crippen LogP contribution in [0.5, 0.6) is 0 Å². The highest BCUT2D eigenvalue weighted by Gasteiger charge is 2.24. The Morgan fingerprint density at radius 2 is 1.58 bits per heavy atom. The van der Waals surface area contributed by atoms with Gasteiger partial charge in [0, 0.05) is 6.07 Å². The van der Waals surface area contributed by atoms with E-state index in [2.05, 4.69) is 0 Å². The van der Waals surface area contributed by atoms with Gasteiger partial charge >= 0.3 is 0 Å². The number of halogens is 2. The number of hydrogen-bond donors (Lipinski definition) is 1. The summed E-state index contributed by atoms with van der Waals surface area (Å²) in [6, 6.07) is 12.8. The van der Waals surface area contributed by atoms with Gasteiger partial charge in [-0.1, -0.05) is 30.3 Å². The Bertz CT molecular complexity index is 530. The van der Waals surface area contributed by atoms with Crippen molar-refractivity contribution in [1.29, 1.82) is 0 Å². The smallest absolute Gasteiger partial charge is 0.126 e. The van der Waals surface area contributed by atoms with Gasteiger partial charge < -0.3 is 5.11 Å². The van der Waals surface area contributed by atoms with Gasteiger partial charge in [-0.3, -0.25) is 0 Å². The highest BCUT2D eigenvalue weighted by molar-refractivity contribution is 5.24. The Balaban J connectivity index is 2.13. The van der Waals surface area contributed by atoms with E-state index >= 15 is 0 Å². The van der Waals surface area contributed by atoms with Crippen molar-refractivity contribution in [1.82, 2.24) is 0 Å². The molecule has 1 N–H and O–H groups in total. The molecule has 1 atom stereocenters. The topological polar surface area (TPSA) is 20.2 Å². The molecule has 0 aromatic heterocycles. The lowest BCUT2D eigenvalue weighted by Crippen LogP contribution is -2.22. The van der Waals surface area contributed by atoms with E-state index in [4.69, 9.17) is 0 Å². The zero-order valence-electron chi connectivity index (χ0n) is 10.7. The largest absolute Gasteiger partial charge is 0.385 e. The van der Waals surface area contributed by atoms with Crippen molar-refractivity contribution in [3.63, 3.8) is 0 Å². The number of benzene rings is 2. The summed E-state index contributed by atoms with van der Waals surface area (Å²) < 4.78 is 26.3. The van der Waals surface area contributed by atoms with Crippen LogP contribution in [0.1, 0.15) is 24.5 Å². The van der Waals surface area contributed by atoms with Crippen molar-refractivity contribution in [2.24, 2.45) is 0 Å². The van der Waals surface area contributed by atoms with E-state index in [0.29, 0.717) is 12.8 Å². The highest BCUT2D eigenvalue weighted by Crippen LogP contribution is 2.27. The van der Waals surface area contributed by atoms with Crippen LogP contribution in [0, 0.1) is 11.6 Å². The third-order valence-corrected chi connectivity index (χ3v) is 3.23. The summed E-state index contributed by atoms with van der Waals surface area (Å²) in [5.74, 6) is -1.34. The first kappa shape index (κ1) is 13.7. The molecule has 0 spiro atoms. The normalized spacial score (nSPS) is 14.1. The molecule has 0 heterocycles. The molecule has 100 valence electrons. The molecule has 0 aliphatic rings. The van der Waals surface area contributed by atoms with E-state index in [-0.39, 0.29) is 5.56 Å². The van der Waals surface area contributed by atoms with Crippen molar-refractivity contribution in [2.45, 2.75) is 25.4 Å². The van der Waals surface area contributed by atoms with Crippen LogP contribution in [0.4, 0.5) is 8.78 Å². The maximum absolute atomic E-state index is 13.2. The molecule has 0 radical (unpaired) electrons. The van der Waals surface area contributed by atoms with Crippen LogP contribution < -0.4 is 0 Å². The van der Waals surface area contributed by atoms with E-state index in [9.17, 15) is 13.9 Å². The Kier molecular flexibility index (Phi) is 3.96. The second kappa shape index (κ2) is 5.49.